The molecule has 112 valence electrons. The summed E-state index contributed by atoms with van der Waals surface area (Å²) in [5, 5.41) is 9.07. The molecule has 1 aromatic heterocycles. The summed E-state index contributed by atoms with van der Waals surface area (Å²) in [7, 11) is 0. The minimum absolute atomic E-state index is 0.0268. The second-order valence-electron chi connectivity index (χ2n) is 4.62. The molecule has 0 aliphatic rings. The molecule has 0 amide bonds. The van der Waals surface area contributed by atoms with Gasteiger partial charge in [0, 0.05) is 25.3 Å². The smallest absolute Gasteiger partial charge is 0.328 e. The van der Waals surface area contributed by atoms with Gasteiger partial charge in [-0.15, -0.1) is 11.6 Å². The fraction of sp³-hybridized carbons (Fsp3) is 0.429. The molecular formula is C14H13ClF3N3. The molecule has 2 rings (SSSR count). The van der Waals surface area contributed by atoms with E-state index in [0.717, 1.165) is 0 Å². The van der Waals surface area contributed by atoms with Crippen LogP contribution in [-0.4, -0.2) is 21.6 Å². The van der Waals surface area contributed by atoms with Crippen molar-refractivity contribution in [3.8, 4) is 6.07 Å². The van der Waals surface area contributed by atoms with Gasteiger partial charge in [0.25, 0.3) is 0 Å². The van der Waals surface area contributed by atoms with Crippen LogP contribution >= 0.6 is 11.6 Å². The van der Waals surface area contributed by atoms with Crippen LogP contribution in [0.15, 0.2) is 18.2 Å². The van der Waals surface area contributed by atoms with Crippen LogP contribution in [0.25, 0.3) is 11.0 Å². The molecule has 0 aliphatic heterocycles. The average Bonchev–Trinajstić information content (AvgIpc) is 2.76. The lowest BCUT2D eigenvalue weighted by Crippen LogP contribution is -2.11. The summed E-state index contributed by atoms with van der Waals surface area (Å²) in [6.07, 6.45) is -4.58. The van der Waals surface area contributed by atoms with Crippen molar-refractivity contribution in [1.29, 1.82) is 5.26 Å². The molecule has 0 radical (unpaired) electrons. The van der Waals surface area contributed by atoms with Gasteiger partial charge >= 0.3 is 6.18 Å². The van der Waals surface area contributed by atoms with Gasteiger partial charge in [0.15, 0.2) is 0 Å². The van der Waals surface area contributed by atoms with Crippen molar-refractivity contribution < 1.29 is 13.2 Å². The van der Waals surface area contributed by atoms with E-state index >= 15 is 0 Å². The zero-order valence-corrected chi connectivity index (χ0v) is 11.9. The molecule has 21 heavy (non-hydrogen) atoms. The number of nitrogens with zero attached hydrogens (tertiary/aromatic N) is 3. The summed E-state index contributed by atoms with van der Waals surface area (Å²) in [6, 6.07) is 7.14. The number of hydrogen-bond acceptors (Lipinski definition) is 2. The molecule has 0 N–H and O–H groups in total. The number of fused-ring (bicyclic) bond motifs is 1. The monoisotopic (exact) mass is 315 g/mol. The molecule has 1 aromatic carbocycles. The first kappa shape index (κ1) is 15.6. The number of nitriles is 1. The number of halogens is 4. The van der Waals surface area contributed by atoms with E-state index < -0.39 is 12.6 Å². The van der Waals surface area contributed by atoms with Crippen LogP contribution in [0.3, 0.4) is 0 Å². The Labute approximate surface area is 124 Å². The van der Waals surface area contributed by atoms with Gasteiger partial charge in [0.05, 0.1) is 11.1 Å². The third-order valence-corrected chi connectivity index (χ3v) is 3.33. The fourth-order valence-electron chi connectivity index (χ4n) is 2.25. The van der Waals surface area contributed by atoms with E-state index in [1.807, 2.05) is 6.07 Å². The summed E-state index contributed by atoms with van der Waals surface area (Å²) in [5.74, 6) is 0.940. The Morgan fingerprint density at radius 2 is 2.10 bits per heavy atom. The van der Waals surface area contributed by atoms with Crippen molar-refractivity contribution in [2.24, 2.45) is 0 Å². The maximum Gasteiger partial charge on any atom is 0.389 e. The third-order valence-electron chi connectivity index (χ3n) is 3.14. The highest BCUT2D eigenvalue weighted by Gasteiger charge is 2.26. The Balaban J connectivity index is 2.35. The number of aryl methyl sites for hydroxylation is 2. The molecule has 1 heterocycles. The van der Waals surface area contributed by atoms with Gasteiger partial charge in [-0.25, -0.2) is 4.98 Å². The lowest BCUT2D eigenvalue weighted by molar-refractivity contribution is -0.135. The first-order chi connectivity index (χ1) is 9.96. The normalized spacial score (nSPS) is 11.8. The second kappa shape index (κ2) is 6.35. The number of hydrogen-bond donors (Lipinski definition) is 0. The first-order valence-corrected chi connectivity index (χ1v) is 7.00. The van der Waals surface area contributed by atoms with Gasteiger partial charge in [0.2, 0.25) is 0 Å². The first-order valence-electron chi connectivity index (χ1n) is 6.47. The van der Waals surface area contributed by atoms with Crippen LogP contribution in [0, 0.1) is 11.3 Å². The van der Waals surface area contributed by atoms with E-state index in [-0.39, 0.29) is 13.0 Å². The van der Waals surface area contributed by atoms with Crippen LogP contribution in [-0.2, 0) is 13.0 Å². The predicted octanol–water partition coefficient (Wildman–Crippen LogP) is 4.03. The van der Waals surface area contributed by atoms with E-state index in [9.17, 15) is 13.2 Å². The summed E-state index contributed by atoms with van der Waals surface area (Å²) >= 11 is 5.72. The highest BCUT2D eigenvalue weighted by atomic mass is 35.5. The molecule has 0 spiro atoms. The maximum absolute atomic E-state index is 12.3. The summed E-state index contributed by atoms with van der Waals surface area (Å²) < 4.78 is 38.6. The van der Waals surface area contributed by atoms with E-state index in [0.29, 0.717) is 34.7 Å². The number of alkyl halides is 4. The topological polar surface area (TPSA) is 41.6 Å². The van der Waals surface area contributed by atoms with Crippen molar-refractivity contribution in [1.82, 2.24) is 9.55 Å². The summed E-state index contributed by atoms with van der Waals surface area (Å²) in [5.41, 5.74) is 1.61. The zero-order chi connectivity index (χ0) is 15.5. The Morgan fingerprint density at radius 1 is 1.33 bits per heavy atom. The largest absolute Gasteiger partial charge is 0.389 e. The summed E-state index contributed by atoms with van der Waals surface area (Å²) in [6.45, 7) is 0.205. The quantitative estimate of drug-likeness (QED) is 0.782. The summed E-state index contributed by atoms with van der Waals surface area (Å²) in [4.78, 5) is 4.36. The molecule has 3 nitrogen and oxygen atoms in total. The van der Waals surface area contributed by atoms with Crippen molar-refractivity contribution in [3.63, 3.8) is 0 Å². The van der Waals surface area contributed by atoms with Gasteiger partial charge in [-0.2, -0.15) is 18.4 Å². The maximum atomic E-state index is 12.3. The molecule has 0 fully saturated rings. The van der Waals surface area contributed by atoms with E-state index in [1.54, 1.807) is 22.8 Å². The zero-order valence-electron chi connectivity index (χ0n) is 11.1. The second-order valence-corrected chi connectivity index (χ2v) is 5.00. The molecule has 0 aliphatic carbocycles. The molecular weight excluding hydrogens is 303 g/mol. The lowest BCUT2D eigenvalue weighted by Gasteiger charge is -2.10. The third kappa shape index (κ3) is 3.67. The van der Waals surface area contributed by atoms with Gasteiger partial charge in [-0.3, -0.25) is 0 Å². The number of para-hydroxylation sites is 1. The van der Waals surface area contributed by atoms with Gasteiger partial charge in [-0.05, 0) is 18.6 Å². The van der Waals surface area contributed by atoms with Gasteiger partial charge in [-0.1, -0.05) is 6.07 Å². The van der Waals surface area contributed by atoms with Gasteiger partial charge < -0.3 is 4.57 Å². The molecule has 0 saturated carbocycles. The Hall–Kier alpha value is -1.74. The highest BCUT2D eigenvalue weighted by Crippen LogP contribution is 2.24. The van der Waals surface area contributed by atoms with Crippen LogP contribution in [0.4, 0.5) is 13.2 Å². The number of benzene rings is 1. The highest BCUT2D eigenvalue weighted by molar-refractivity contribution is 6.17. The standard InChI is InChI=1S/C14H13ClF3N3/c15-7-5-12-20-13-10(9-19)3-1-4-11(13)21(12)8-2-6-14(16,17)18/h1,3-4H,2,5-8H2. The van der Waals surface area contributed by atoms with Crippen LogP contribution in [0.1, 0.15) is 24.2 Å². The number of aromatic nitrogens is 2. The van der Waals surface area contributed by atoms with Crippen LogP contribution in [0.2, 0.25) is 0 Å². The molecule has 7 heteroatoms. The number of imidazole rings is 1. The van der Waals surface area contributed by atoms with Crippen molar-refractivity contribution in [3.05, 3.63) is 29.6 Å². The molecule has 0 bridgehead atoms. The van der Waals surface area contributed by atoms with Crippen molar-refractivity contribution >= 4 is 22.6 Å². The minimum Gasteiger partial charge on any atom is -0.328 e. The van der Waals surface area contributed by atoms with E-state index in [2.05, 4.69) is 4.98 Å². The average molecular weight is 316 g/mol. The molecule has 0 atom stereocenters. The van der Waals surface area contributed by atoms with Crippen molar-refractivity contribution in [2.45, 2.75) is 32.0 Å². The molecule has 2 aromatic rings. The Kier molecular flexibility index (Phi) is 4.73. The van der Waals surface area contributed by atoms with Crippen LogP contribution in [0.5, 0.6) is 0 Å². The lowest BCUT2D eigenvalue weighted by atomic mass is 10.2. The van der Waals surface area contributed by atoms with Gasteiger partial charge in [0.1, 0.15) is 17.4 Å². The van der Waals surface area contributed by atoms with E-state index in [1.165, 1.54) is 0 Å². The SMILES string of the molecule is N#Cc1cccc2c1nc(CCCl)n2CCCC(F)(F)F. The molecule has 0 saturated heterocycles. The van der Waals surface area contributed by atoms with E-state index in [4.69, 9.17) is 16.9 Å². The fourth-order valence-corrected chi connectivity index (χ4v) is 2.42. The molecule has 0 unspecified atom stereocenters. The Morgan fingerprint density at radius 3 is 2.71 bits per heavy atom. The van der Waals surface area contributed by atoms with Crippen LogP contribution < -0.4 is 0 Å². The van der Waals surface area contributed by atoms with Crippen molar-refractivity contribution in [2.75, 3.05) is 5.88 Å². The predicted molar refractivity (Wildman–Crippen MR) is 74.2 cm³/mol. The number of rotatable bonds is 5. The Bertz CT molecular complexity index is 670. The minimum atomic E-state index is -4.17.